The Morgan fingerprint density at radius 1 is 1.50 bits per heavy atom. The molecule has 1 aromatic rings. The molecule has 1 aromatic heterocycles. The zero-order valence-corrected chi connectivity index (χ0v) is 11.0. The molecule has 88 valence electrons. The Morgan fingerprint density at radius 2 is 2.31 bits per heavy atom. The summed E-state index contributed by atoms with van der Waals surface area (Å²) in [6.07, 6.45) is 4.12. The number of aromatic nitrogens is 2. The van der Waals surface area contributed by atoms with Gasteiger partial charge in [-0.15, -0.1) is 0 Å². The molecule has 2 N–H and O–H groups in total. The number of anilines is 1. The molecule has 1 aliphatic carbocycles. The number of hydrogen-bond donors (Lipinski definition) is 2. The van der Waals surface area contributed by atoms with Gasteiger partial charge in [0.2, 0.25) is 0 Å². The largest absolute Gasteiger partial charge is 0.393 e. The quantitative estimate of drug-likeness (QED) is 0.842. The molecule has 1 saturated carbocycles. The summed E-state index contributed by atoms with van der Waals surface area (Å²) in [5.41, 5.74) is 0. The first-order valence-corrected chi connectivity index (χ1v) is 6.42. The van der Waals surface area contributed by atoms with E-state index in [0.717, 1.165) is 25.8 Å². The zero-order valence-electron chi connectivity index (χ0n) is 8.66. The highest BCUT2D eigenvalue weighted by Crippen LogP contribution is 2.29. The molecular formula is C10H13BrClN3O. The molecule has 0 radical (unpaired) electrons. The number of nitrogens with zero attached hydrogens (tertiary/aromatic N) is 2. The molecule has 2 rings (SSSR count). The minimum absolute atomic E-state index is 0.135. The standard InChI is InChI=1S/C10H13BrClN3O/c11-8-9(12)14-5-15-10(8)13-4-6-1-2-7(16)3-6/h5-7,16H,1-4H2,(H,13,14,15). The summed E-state index contributed by atoms with van der Waals surface area (Å²) < 4.78 is 0.690. The monoisotopic (exact) mass is 305 g/mol. The molecule has 0 aliphatic heterocycles. The minimum atomic E-state index is -0.135. The SMILES string of the molecule is OC1CCC(CNc2ncnc(Cl)c2Br)C1. The van der Waals surface area contributed by atoms with Crippen molar-refractivity contribution in [3.63, 3.8) is 0 Å². The van der Waals surface area contributed by atoms with E-state index in [0.29, 0.717) is 21.4 Å². The predicted octanol–water partition coefficient (Wildman–Crippen LogP) is 2.47. The Labute approximate surface area is 108 Å². The molecular weight excluding hydrogens is 293 g/mol. The van der Waals surface area contributed by atoms with Gasteiger partial charge in [0.05, 0.1) is 10.6 Å². The summed E-state index contributed by atoms with van der Waals surface area (Å²) in [5.74, 6) is 1.22. The molecule has 16 heavy (non-hydrogen) atoms. The molecule has 1 aliphatic rings. The second-order valence-electron chi connectivity index (χ2n) is 4.04. The molecule has 6 heteroatoms. The van der Waals surface area contributed by atoms with Gasteiger partial charge >= 0.3 is 0 Å². The summed E-state index contributed by atoms with van der Waals surface area (Å²) >= 11 is 9.19. The van der Waals surface area contributed by atoms with E-state index in [2.05, 4.69) is 31.2 Å². The third-order valence-electron chi connectivity index (χ3n) is 2.82. The van der Waals surface area contributed by atoms with Crippen LogP contribution in [0.15, 0.2) is 10.8 Å². The first kappa shape index (κ1) is 12.1. The van der Waals surface area contributed by atoms with Gasteiger partial charge in [-0.2, -0.15) is 0 Å². The first-order valence-electron chi connectivity index (χ1n) is 5.24. The molecule has 1 heterocycles. The maximum Gasteiger partial charge on any atom is 0.148 e. The van der Waals surface area contributed by atoms with Crippen molar-refractivity contribution in [2.45, 2.75) is 25.4 Å². The number of halogens is 2. The molecule has 4 nitrogen and oxygen atoms in total. The van der Waals surface area contributed by atoms with E-state index in [1.54, 1.807) is 0 Å². The van der Waals surface area contributed by atoms with Crippen molar-refractivity contribution in [1.29, 1.82) is 0 Å². The molecule has 0 aromatic carbocycles. The van der Waals surface area contributed by atoms with E-state index in [1.165, 1.54) is 6.33 Å². The second-order valence-corrected chi connectivity index (χ2v) is 5.19. The third-order valence-corrected chi connectivity index (χ3v) is 4.08. The molecule has 2 atom stereocenters. The lowest BCUT2D eigenvalue weighted by molar-refractivity contribution is 0.178. The van der Waals surface area contributed by atoms with Gasteiger partial charge in [0.25, 0.3) is 0 Å². The molecule has 0 saturated heterocycles. The van der Waals surface area contributed by atoms with Crippen LogP contribution in [0.25, 0.3) is 0 Å². The Bertz CT molecular complexity index is 377. The van der Waals surface area contributed by atoms with Crippen LogP contribution in [0.1, 0.15) is 19.3 Å². The summed E-state index contributed by atoms with van der Waals surface area (Å²) in [4.78, 5) is 7.96. The van der Waals surface area contributed by atoms with Gasteiger partial charge in [-0.05, 0) is 41.1 Å². The Kier molecular flexibility index (Phi) is 4.00. The number of aliphatic hydroxyl groups excluding tert-OH is 1. The van der Waals surface area contributed by atoms with Crippen molar-refractivity contribution in [1.82, 2.24) is 9.97 Å². The number of aliphatic hydroxyl groups is 1. The van der Waals surface area contributed by atoms with E-state index in [-0.39, 0.29) is 6.10 Å². The normalized spacial score (nSPS) is 24.7. The Morgan fingerprint density at radius 3 is 3.00 bits per heavy atom. The lowest BCUT2D eigenvalue weighted by Crippen LogP contribution is -2.13. The van der Waals surface area contributed by atoms with Crippen LogP contribution in [0.2, 0.25) is 5.15 Å². The average Bonchev–Trinajstić information content (AvgIpc) is 2.67. The lowest BCUT2D eigenvalue weighted by Gasteiger charge is -2.12. The predicted molar refractivity (Wildman–Crippen MR) is 66.6 cm³/mol. The van der Waals surface area contributed by atoms with E-state index in [4.69, 9.17) is 11.6 Å². The van der Waals surface area contributed by atoms with Crippen LogP contribution < -0.4 is 5.32 Å². The maximum atomic E-state index is 9.41. The van der Waals surface area contributed by atoms with Crippen LogP contribution >= 0.6 is 27.5 Å². The summed E-state index contributed by atoms with van der Waals surface area (Å²) in [7, 11) is 0. The third kappa shape index (κ3) is 2.84. The molecule has 1 fully saturated rings. The highest BCUT2D eigenvalue weighted by atomic mass is 79.9. The van der Waals surface area contributed by atoms with E-state index < -0.39 is 0 Å². The smallest absolute Gasteiger partial charge is 0.148 e. The van der Waals surface area contributed by atoms with E-state index in [1.807, 2.05) is 0 Å². The number of hydrogen-bond acceptors (Lipinski definition) is 4. The van der Waals surface area contributed by atoms with Gasteiger partial charge in [0, 0.05) is 6.54 Å². The maximum absolute atomic E-state index is 9.41. The highest BCUT2D eigenvalue weighted by molar-refractivity contribution is 9.10. The lowest BCUT2D eigenvalue weighted by atomic mass is 10.1. The van der Waals surface area contributed by atoms with Crippen molar-refractivity contribution in [3.8, 4) is 0 Å². The molecule has 0 bridgehead atoms. The molecule has 0 spiro atoms. The summed E-state index contributed by atoms with van der Waals surface area (Å²) in [6.45, 7) is 0.809. The first-order chi connectivity index (χ1) is 7.66. The fourth-order valence-corrected chi connectivity index (χ4v) is 2.42. The number of nitrogens with one attached hydrogen (secondary N) is 1. The van der Waals surface area contributed by atoms with Crippen LogP contribution in [0.4, 0.5) is 5.82 Å². The van der Waals surface area contributed by atoms with Crippen molar-refractivity contribution in [3.05, 3.63) is 16.0 Å². The van der Waals surface area contributed by atoms with E-state index >= 15 is 0 Å². The average molecular weight is 307 g/mol. The van der Waals surface area contributed by atoms with Crippen molar-refractivity contribution in [2.24, 2.45) is 5.92 Å². The zero-order chi connectivity index (χ0) is 11.5. The molecule has 2 unspecified atom stereocenters. The van der Waals surface area contributed by atoms with Gasteiger partial charge in [-0.25, -0.2) is 9.97 Å². The van der Waals surface area contributed by atoms with Crippen LogP contribution in [0.5, 0.6) is 0 Å². The fourth-order valence-electron chi connectivity index (χ4n) is 1.95. The summed E-state index contributed by atoms with van der Waals surface area (Å²) in [5, 5.41) is 13.0. The van der Waals surface area contributed by atoms with Gasteiger partial charge in [-0.1, -0.05) is 11.6 Å². The minimum Gasteiger partial charge on any atom is -0.393 e. The van der Waals surface area contributed by atoms with Gasteiger partial charge in [0.15, 0.2) is 0 Å². The van der Waals surface area contributed by atoms with Crippen LogP contribution in [0.3, 0.4) is 0 Å². The van der Waals surface area contributed by atoms with Crippen molar-refractivity contribution >= 4 is 33.3 Å². The summed E-state index contributed by atoms with van der Waals surface area (Å²) in [6, 6.07) is 0. The topological polar surface area (TPSA) is 58.0 Å². The Hall–Kier alpha value is -0.390. The fraction of sp³-hybridized carbons (Fsp3) is 0.600. The highest BCUT2D eigenvalue weighted by Gasteiger charge is 2.22. The van der Waals surface area contributed by atoms with Crippen LogP contribution in [0, 0.1) is 5.92 Å². The van der Waals surface area contributed by atoms with Crippen LogP contribution in [-0.4, -0.2) is 27.7 Å². The van der Waals surface area contributed by atoms with Crippen LogP contribution in [-0.2, 0) is 0 Å². The van der Waals surface area contributed by atoms with Crippen molar-refractivity contribution < 1.29 is 5.11 Å². The number of rotatable bonds is 3. The van der Waals surface area contributed by atoms with Gasteiger partial charge in [0.1, 0.15) is 17.3 Å². The van der Waals surface area contributed by atoms with E-state index in [9.17, 15) is 5.11 Å². The van der Waals surface area contributed by atoms with Gasteiger partial charge in [-0.3, -0.25) is 0 Å². The Balaban J connectivity index is 1.92. The van der Waals surface area contributed by atoms with Gasteiger partial charge < -0.3 is 10.4 Å². The molecule has 0 amide bonds. The van der Waals surface area contributed by atoms with Crippen molar-refractivity contribution in [2.75, 3.05) is 11.9 Å². The second kappa shape index (κ2) is 5.29.